The quantitative estimate of drug-likeness (QED) is 0.447. The molecule has 1 fully saturated rings. The van der Waals surface area contributed by atoms with Crippen LogP contribution in [0.4, 0.5) is 13.2 Å². The molecule has 2 aromatic heterocycles. The van der Waals surface area contributed by atoms with Gasteiger partial charge in [-0.3, -0.25) is 5.10 Å². The summed E-state index contributed by atoms with van der Waals surface area (Å²) in [6.07, 6.45) is 1.09. The van der Waals surface area contributed by atoms with Crippen molar-refractivity contribution in [1.82, 2.24) is 14.8 Å². The first-order valence-electron chi connectivity index (χ1n) is 10.1. The summed E-state index contributed by atoms with van der Waals surface area (Å²) < 4.78 is 45.8. The number of aromatic nitrogens is 3. The van der Waals surface area contributed by atoms with Gasteiger partial charge in [0, 0.05) is 22.2 Å². The van der Waals surface area contributed by atoms with Crippen LogP contribution in [-0.2, 0) is 4.79 Å². The van der Waals surface area contributed by atoms with Crippen LogP contribution in [0.15, 0.2) is 36.5 Å². The van der Waals surface area contributed by atoms with Crippen molar-refractivity contribution >= 4 is 27.8 Å². The number of alkyl halides is 1. The molecule has 2 N–H and O–H groups in total. The first kappa shape index (κ1) is 19.7. The molecule has 1 aliphatic rings. The van der Waals surface area contributed by atoms with Crippen molar-refractivity contribution in [3.05, 3.63) is 59.4 Å². The predicted molar refractivity (Wildman–Crippen MR) is 110 cm³/mol. The maximum absolute atomic E-state index is 15.7. The van der Waals surface area contributed by atoms with E-state index in [-0.39, 0.29) is 24.3 Å². The van der Waals surface area contributed by atoms with E-state index in [0.29, 0.717) is 27.5 Å². The third-order valence-electron chi connectivity index (χ3n) is 6.25. The summed E-state index contributed by atoms with van der Waals surface area (Å²) in [5, 5.41) is 16.7. The molecule has 1 aliphatic carbocycles. The van der Waals surface area contributed by atoms with Gasteiger partial charge < -0.3 is 9.67 Å². The molecule has 5 rings (SSSR count). The second-order valence-electron chi connectivity index (χ2n) is 8.56. The van der Waals surface area contributed by atoms with Gasteiger partial charge in [-0.2, -0.15) is 5.10 Å². The van der Waals surface area contributed by atoms with E-state index in [1.807, 2.05) is 18.4 Å². The maximum Gasteiger partial charge on any atom is 0.341 e. The third-order valence-corrected chi connectivity index (χ3v) is 6.25. The van der Waals surface area contributed by atoms with Crippen molar-refractivity contribution in [2.45, 2.75) is 44.2 Å². The van der Waals surface area contributed by atoms with E-state index in [9.17, 15) is 18.7 Å². The molecule has 2 aromatic carbocycles. The number of aliphatic carboxylic acids is 1. The number of benzene rings is 2. The smallest absolute Gasteiger partial charge is 0.341 e. The number of carbonyl (C=O) groups is 1. The van der Waals surface area contributed by atoms with Crippen molar-refractivity contribution in [3.63, 3.8) is 0 Å². The molecule has 0 bridgehead atoms. The van der Waals surface area contributed by atoms with Crippen LogP contribution in [0.3, 0.4) is 0 Å². The average Bonchev–Trinajstić information content (AvgIpc) is 3.29. The highest BCUT2D eigenvalue weighted by atomic mass is 19.1. The Labute approximate surface area is 175 Å². The SMILES string of the molecule is CC(C)c1c(C2CC(F)(C(=O)O)C2)c2c(F)c3[nH]ncc3cc2n1-c1ccc(F)cc1. The predicted octanol–water partition coefficient (Wildman–Crippen LogP) is 5.58. The zero-order valence-corrected chi connectivity index (χ0v) is 16.9. The fraction of sp³-hybridized carbons (Fsp3) is 0.304. The first-order chi connectivity index (χ1) is 14.7. The minimum Gasteiger partial charge on any atom is -0.479 e. The molecule has 0 aliphatic heterocycles. The van der Waals surface area contributed by atoms with Crippen LogP contribution in [0.25, 0.3) is 27.5 Å². The standard InChI is InChI=1S/C23H20F3N3O2/c1-11(2)21-17(13-8-23(26,9-13)22(30)31)18-16(7-12-10-27-28-20(12)19(18)25)29(21)15-5-3-14(24)4-6-15/h3-7,10-11,13H,8-9H2,1-2H3,(H,27,28)(H,30,31). The van der Waals surface area contributed by atoms with Crippen molar-refractivity contribution in [3.8, 4) is 5.69 Å². The largest absolute Gasteiger partial charge is 0.479 e. The minimum absolute atomic E-state index is 0.0808. The van der Waals surface area contributed by atoms with Gasteiger partial charge >= 0.3 is 5.97 Å². The summed E-state index contributed by atoms with van der Waals surface area (Å²) in [6.45, 7) is 3.89. The number of nitrogens with one attached hydrogen (secondary N) is 1. The van der Waals surface area contributed by atoms with E-state index in [4.69, 9.17) is 0 Å². The Morgan fingerprint density at radius 1 is 1.26 bits per heavy atom. The van der Waals surface area contributed by atoms with Crippen molar-refractivity contribution in [1.29, 1.82) is 0 Å². The van der Waals surface area contributed by atoms with Gasteiger partial charge in [0.25, 0.3) is 0 Å². The minimum atomic E-state index is -2.31. The normalized spacial score (nSPS) is 21.2. The monoisotopic (exact) mass is 427 g/mol. The van der Waals surface area contributed by atoms with E-state index in [1.165, 1.54) is 18.3 Å². The number of H-pyrrole nitrogens is 1. The van der Waals surface area contributed by atoms with Gasteiger partial charge in [-0.1, -0.05) is 13.8 Å². The van der Waals surface area contributed by atoms with E-state index in [0.717, 1.165) is 5.69 Å². The van der Waals surface area contributed by atoms with Crippen LogP contribution in [0.5, 0.6) is 0 Å². The molecule has 0 atom stereocenters. The molecule has 0 amide bonds. The summed E-state index contributed by atoms with van der Waals surface area (Å²) >= 11 is 0. The van der Waals surface area contributed by atoms with Crippen molar-refractivity contribution in [2.24, 2.45) is 0 Å². The van der Waals surface area contributed by atoms with Crippen LogP contribution >= 0.6 is 0 Å². The zero-order valence-electron chi connectivity index (χ0n) is 16.9. The first-order valence-corrected chi connectivity index (χ1v) is 10.1. The van der Waals surface area contributed by atoms with Crippen LogP contribution in [0.2, 0.25) is 0 Å². The van der Waals surface area contributed by atoms with Gasteiger partial charge in [0.15, 0.2) is 5.82 Å². The topological polar surface area (TPSA) is 70.9 Å². The second kappa shape index (κ2) is 6.60. The van der Waals surface area contributed by atoms with Crippen molar-refractivity contribution in [2.75, 3.05) is 0 Å². The number of carboxylic acids is 1. The molecule has 0 spiro atoms. The number of hydrogen-bond donors (Lipinski definition) is 2. The Morgan fingerprint density at radius 2 is 1.94 bits per heavy atom. The Bertz CT molecular complexity index is 1330. The maximum atomic E-state index is 15.7. The Morgan fingerprint density at radius 3 is 2.55 bits per heavy atom. The molecular weight excluding hydrogens is 407 g/mol. The number of rotatable bonds is 4. The lowest BCUT2D eigenvalue weighted by Crippen LogP contribution is -2.45. The summed E-state index contributed by atoms with van der Waals surface area (Å²) in [6, 6.07) is 7.68. The molecule has 1 saturated carbocycles. The zero-order chi connectivity index (χ0) is 22.1. The third kappa shape index (κ3) is 2.77. The van der Waals surface area contributed by atoms with Crippen LogP contribution in [0, 0.1) is 11.6 Å². The Balaban J connectivity index is 1.85. The van der Waals surface area contributed by atoms with Crippen LogP contribution < -0.4 is 0 Å². The number of aromatic amines is 1. The summed E-state index contributed by atoms with van der Waals surface area (Å²) in [7, 11) is 0. The van der Waals surface area contributed by atoms with Gasteiger partial charge in [0.2, 0.25) is 5.67 Å². The van der Waals surface area contributed by atoms with Gasteiger partial charge in [-0.15, -0.1) is 0 Å². The molecule has 0 radical (unpaired) electrons. The lowest BCUT2D eigenvalue weighted by molar-refractivity contribution is -0.158. The number of nitrogens with zero attached hydrogens (tertiary/aromatic N) is 2. The summed E-state index contributed by atoms with van der Waals surface area (Å²) in [4.78, 5) is 11.3. The van der Waals surface area contributed by atoms with E-state index < -0.39 is 29.2 Å². The van der Waals surface area contributed by atoms with Crippen LogP contribution in [-0.4, -0.2) is 31.5 Å². The number of fused-ring (bicyclic) bond motifs is 2. The fourth-order valence-corrected chi connectivity index (χ4v) is 4.80. The summed E-state index contributed by atoms with van der Waals surface area (Å²) in [5.74, 6) is -2.92. The highest BCUT2D eigenvalue weighted by Crippen LogP contribution is 2.53. The lowest BCUT2D eigenvalue weighted by atomic mass is 9.68. The summed E-state index contributed by atoms with van der Waals surface area (Å²) in [5.41, 5.74) is 0.509. The molecule has 4 aromatic rings. The molecule has 160 valence electrons. The molecule has 31 heavy (non-hydrogen) atoms. The van der Waals surface area contributed by atoms with Gasteiger partial charge in [0.1, 0.15) is 11.3 Å². The molecule has 8 heteroatoms. The Kier molecular flexibility index (Phi) is 4.19. The van der Waals surface area contributed by atoms with E-state index in [2.05, 4.69) is 10.2 Å². The number of hydrogen-bond acceptors (Lipinski definition) is 2. The highest BCUT2D eigenvalue weighted by molar-refractivity contribution is 6.00. The van der Waals surface area contributed by atoms with Gasteiger partial charge in [-0.05, 0) is 60.6 Å². The second-order valence-corrected chi connectivity index (χ2v) is 8.56. The molecule has 2 heterocycles. The highest BCUT2D eigenvalue weighted by Gasteiger charge is 2.53. The molecular formula is C23H20F3N3O2. The number of halogens is 3. The average molecular weight is 427 g/mol. The van der Waals surface area contributed by atoms with E-state index in [1.54, 1.807) is 18.2 Å². The van der Waals surface area contributed by atoms with Gasteiger partial charge in [-0.25, -0.2) is 18.0 Å². The van der Waals surface area contributed by atoms with Crippen molar-refractivity contribution < 1.29 is 23.1 Å². The lowest BCUT2D eigenvalue weighted by Gasteiger charge is -2.39. The fourth-order valence-electron chi connectivity index (χ4n) is 4.80. The molecule has 5 nitrogen and oxygen atoms in total. The van der Waals surface area contributed by atoms with Gasteiger partial charge in [0.05, 0.1) is 11.7 Å². The molecule has 0 saturated heterocycles. The van der Waals surface area contributed by atoms with Crippen LogP contribution in [0.1, 0.15) is 49.8 Å². The number of carboxylic acid groups (broad SMARTS) is 1. The Hall–Kier alpha value is -3.29. The molecule has 0 unspecified atom stereocenters. The van der Waals surface area contributed by atoms with E-state index >= 15 is 4.39 Å².